The Morgan fingerprint density at radius 3 is 2.31 bits per heavy atom. The zero-order valence-electron chi connectivity index (χ0n) is 16.3. The molecule has 29 heavy (non-hydrogen) atoms. The normalized spacial score (nSPS) is 10.6. The van der Waals surface area contributed by atoms with Gasteiger partial charge in [0.1, 0.15) is 17.8 Å². The van der Waals surface area contributed by atoms with Crippen LogP contribution in [-0.2, 0) is 0 Å². The van der Waals surface area contributed by atoms with Crippen LogP contribution in [0.5, 0.6) is 11.5 Å². The van der Waals surface area contributed by atoms with Gasteiger partial charge in [-0.05, 0) is 48.7 Å². The summed E-state index contributed by atoms with van der Waals surface area (Å²) in [6.07, 6.45) is 2.19. The molecule has 0 fully saturated rings. The largest absolute Gasteiger partial charge is 0.457 e. The Hall–Kier alpha value is -3.68. The number of nitrogens with one attached hydrogen (secondary N) is 2. The van der Waals surface area contributed by atoms with E-state index in [0.717, 1.165) is 12.2 Å². The topological polar surface area (TPSA) is 102 Å². The van der Waals surface area contributed by atoms with Gasteiger partial charge in [-0.25, -0.2) is 9.97 Å². The van der Waals surface area contributed by atoms with Crippen molar-refractivity contribution >= 4 is 23.0 Å². The zero-order valence-corrected chi connectivity index (χ0v) is 16.3. The highest BCUT2D eigenvalue weighted by Gasteiger charge is 2.23. The minimum absolute atomic E-state index is 0.133. The maximum Gasteiger partial charge on any atom is 0.353 e. The summed E-state index contributed by atoms with van der Waals surface area (Å²) in [5, 5.41) is 17.6. The lowest BCUT2D eigenvalue weighted by Gasteiger charge is -2.11. The molecule has 0 atom stereocenters. The zero-order chi connectivity index (χ0) is 20.6. The van der Waals surface area contributed by atoms with Crippen LogP contribution in [0.2, 0.25) is 0 Å². The number of hydrogen-bond acceptors (Lipinski definition) is 7. The predicted octanol–water partition coefficient (Wildman–Crippen LogP) is 5.38. The fourth-order valence-corrected chi connectivity index (χ4v) is 2.62. The summed E-state index contributed by atoms with van der Waals surface area (Å²) in [4.78, 5) is 19.2. The van der Waals surface area contributed by atoms with Crippen molar-refractivity contribution in [1.29, 1.82) is 0 Å². The van der Waals surface area contributed by atoms with E-state index in [1.54, 1.807) is 24.3 Å². The van der Waals surface area contributed by atoms with Gasteiger partial charge in [0.15, 0.2) is 0 Å². The monoisotopic (exact) mass is 393 g/mol. The fraction of sp³-hybridized carbons (Fsp3) is 0.238. The second-order valence-electron chi connectivity index (χ2n) is 6.85. The van der Waals surface area contributed by atoms with E-state index in [1.165, 1.54) is 6.33 Å². The maximum atomic E-state index is 11.6. The van der Waals surface area contributed by atoms with Crippen molar-refractivity contribution in [2.24, 2.45) is 5.92 Å². The molecule has 0 aliphatic rings. The van der Waals surface area contributed by atoms with E-state index in [2.05, 4.69) is 34.4 Å². The van der Waals surface area contributed by atoms with Crippen LogP contribution >= 0.6 is 0 Å². The van der Waals surface area contributed by atoms with Crippen LogP contribution in [0.3, 0.4) is 0 Å². The lowest BCUT2D eigenvalue weighted by Crippen LogP contribution is -2.10. The number of ether oxygens (including phenoxy) is 1. The van der Waals surface area contributed by atoms with Gasteiger partial charge in [-0.1, -0.05) is 32.0 Å². The van der Waals surface area contributed by atoms with Crippen LogP contribution in [0, 0.1) is 16.0 Å². The number of aromatic nitrogens is 2. The maximum absolute atomic E-state index is 11.6. The molecule has 2 N–H and O–H groups in total. The molecule has 2 aromatic carbocycles. The highest BCUT2D eigenvalue weighted by Crippen LogP contribution is 2.32. The van der Waals surface area contributed by atoms with Crippen LogP contribution in [0.15, 0.2) is 60.9 Å². The Labute approximate surface area is 169 Å². The number of nitrogens with zero attached hydrogens (tertiary/aromatic N) is 3. The standard InChI is InChI=1S/C21H23N5O3/c1-15(2)12-13-22-20-19(26(27)28)21(24-14-23-20)25-16-8-10-18(11-9-16)29-17-6-4-3-5-7-17/h3-11,14-15H,12-13H2,1-2H3,(H2,22,23,24,25). The van der Waals surface area contributed by atoms with Crippen LogP contribution in [-0.4, -0.2) is 21.4 Å². The molecule has 0 amide bonds. The Morgan fingerprint density at radius 1 is 1.00 bits per heavy atom. The van der Waals surface area contributed by atoms with E-state index >= 15 is 0 Å². The second kappa shape index (κ2) is 9.50. The summed E-state index contributed by atoms with van der Waals surface area (Å²) >= 11 is 0. The van der Waals surface area contributed by atoms with Gasteiger partial charge in [0.2, 0.25) is 11.6 Å². The van der Waals surface area contributed by atoms with Gasteiger partial charge in [-0.2, -0.15) is 0 Å². The van der Waals surface area contributed by atoms with E-state index < -0.39 is 4.92 Å². The van der Waals surface area contributed by atoms with Gasteiger partial charge in [-0.3, -0.25) is 10.1 Å². The predicted molar refractivity (Wildman–Crippen MR) is 113 cm³/mol. The molecule has 3 aromatic rings. The number of anilines is 3. The van der Waals surface area contributed by atoms with Crippen LogP contribution in [0.4, 0.5) is 23.0 Å². The van der Waals surface area contributed by atoms with Gasteiger partial charge in [-0.15, -0.1) is 0 Å². The van der Waals surface area contributed by atoms with Gasteiger partial charge >= 0.3 is 5.69 Å². The molecular weight excluding hydrogens is 370 g/mol. The molecule has 1 aromatic heterocycles. The molecule has 8 nitrogen and oxygen atoms in total. The Morgan fingerprint density at radius 2 is 1.66 bits per heavy atom. The highest BCUT2D eigenvalue weighted by atomic mass is 16.6. The molecule has 0 aliphatic heterocycles. The molecule has 1 heterocycles. The number of nitro groups is 1. The summed E-state index contributed by atoms with van der Waals surface area (Å²) in [5.41, 5.74) is 0.473. The number of rotatable bonds is 9. The summed E-state index contributed by atoms with van der Waals surface area (Å²) in [7, 11) is 0. The molecule has 0 spiro atoms. The van der Waals surface area contributed by atoms with E-state index in [9.17, 15) is 10.1 Å². The van der Waals surface area contributed by atoms with Gasteiger partial charge < -0.3 is 15.4 Å². The van der Waals surface area contributed by atoms with Crippen molar-refractivity contribution in [2.45, 2.75) is 20.3 Å². The quantitative estimate of drug-likeness (QED) is 0.372. The first-order chi connectivity index (χ1) is 14.0. The van der Waals surface area contributed by atoms with Crippen molar-refractivity contribution in [3.8, 4) is 11.5 Å². The fourth-order valence-electron chi connectivity index (χ4n) is 2.62. The molecule has 0 saturated carbocycles. The highest BCUT2D eigenvalue weighted by molar-refractivity contribution is 5.73. The first-order valence-electron chi connectivity index (χ1n) is 9.36. The molecule has 150 valence electrons. The van der Waals surface area contributed by atoms with Gasteiger partial charge in [0, 0.05) is 12.2 Å². The first-order valence-corrected chi connectivity index (χ1v) is 9.36. The van der Waals surface area contributed by atoms with E-state index in [-0.39, 0.29) is 17.3 Å². The molecular formula is C21H23N5O3. The van der Waals surface area contributed by atoms with E-state index in [0.29, 0.717) is 23.9 Å². The lowest BCUT2D eigenvalue weighted by atomic mass is 10.1. The molecule has 0 unspecified atom stereocenters. The third kappa shape index (κ3) is 5.65. The van der Waals surface area contributed by atoms with Crippen molar-refractivity contribution in [3.05, 3.63) is 71.0 Å². The average Bonchev–Trinajstić information content (AvgIpc) is 2.70. The van der Waals surface area contributed by atoms with E-state index in [4.69, 9.17) is 4.74 Å². The molecule has 0 aliphatic carbocycles. The Kier molecular flexibility index (Phi) is 6.57. The van der Waals surface area contributed by atoms with Crippen molar-refractivity contribution in [3.63, 3.8) is 0 Å². The Bertz CT molecular complexity index is 946. The summed E-state index contributed by atoms with van der Waals surface area (Å²) in [6, 6.07) is 16.5. The third-order valence-corrected chi connectivity index (χ3v) is 4.11. The Balaban J connectivity index is 1.74. The molecule has 0 bridgehead atoms. The van der Waals surface area contributed by atoms with Gasteiger partial charge in [0.05, 0.1) is 4.92 Å². The third-order valence-electron chi connectivity index (χ3n) is 4.11. The van der Waals surface area contributed by atoms with Crippen LogP contribution < -0.4 is 15.4 Å². The minimum Gasteiger partial charge on any atom is -0.457 e. The van der Waals surface area contributed by atoms with E-state index in [1.807, 2.05) is 30.3 Å². The van der Waals surface area contributed by atoms with Crippen LogP contribution in [0.1, 0.15) is 20.3 Å². The van der Waals surface area contributed by atoms with Crippen molar-refractivity contribution < 1.29 is 9.66 Å². The molecule has 3 rings (SSSR count). The summed E-state index contributed by atoms with van der Waals surface area (Å²) in [5.74, 6) is 2.22. The first kappa shape index (κ1) is 20.1. The summed E-state index contributed by atoms with van der Waals surface area (Å²) < 4.78 is 5.76. The smallest absolute Gasteiger partial charge is 0.353 e. The van der Waals surface area contributed by atoms with Gasteiger partial charge in [0.25, 0.3) is 0 Å². The lowest BCUT2D eigenvalue weighted by molar-refractivity contribution is -0.383. The number of benzene rings is 2. The molecule has 0 radical (unpaired) electrons. The minimum atomic E-state index is -0.479. The van der Waals surface area contributed by atoms with Crippen molar-refractivity contribution in [1.82, 2.24) is 9.97 Å². The molecule has 8 heteroatoms. The van der Waals surface area contributed by atoms with Crippen molar-refractivity contribution in [2.75, 3.05) is 17.2 Å². The average molecular weight is 393 g/mol. The van der Waals surface area contributed by atoms with Crippen LogP contribution in [0.25, 0.3) is 0 Å². The SMILES string of the molecule is CC(C)CCNc1ncnc(Nc2ccc(Oc3ccccc3)cc2)c1[N+](=O)[O-]. The second-order valence-corrected chi connectivity index (χ2v) is 6.85. The summed E-state index contributed by atoms with van der Waals surface area (Å²) in [6.45, 7) is 4.78. The number of para-hydroxylation sites is 1. The molecule has 0 saturated heterocycles. The number of hydrogen-bond donors (Lipinski definition) is 2.